The number of rotatable bonds is 16. The number of hydrogen-bond acceptors (Lipinski definition) is 4. The van der Waals surface area contributed by atoms with Crippen molar-refractivity contribution in [1.29, 1.82) is 0 Å². The number of unbranched alkanes of at least 4 members (excludes halogenated alkanes) is 1. The number of hydrogen-bond donors (Lipinski definition) is 1. The van der Waals surface area contributed by atoms with Crippen molar-refractivity contribution in [3.63, 3.8) is 0 Å². The molecular weight excluding hydrogens is 530 g/mol. The zero-order chi connectivity index (χ0) is 31.0. The van der Waals surface area contributed by atoms with Crippen LogP contribution in [0.4, 0.5) is 0 Å². The number of ether oxygens (including phenoxy) is 2. The van der Waals surface area contributed by atoms with Gasteiger partial charge in [-0.2, -0.15) is 0 Å². The molecule has 0 aromatic heterocycles. The fourth-order valence-electron chi connectivity index (χ4n) is 4.97. The zero-order valence-corrected chi connectivity index (χ0v) is 27.1. The highest BCUT2D eigenvalue weighted by Crippen LogP contribution is 2.34. The van der Waals surface area contributed by atoms with E-state index in [1.54, 1.807) is 0 Å². The molecule has 0 radical (unpaired) electrons. The van der Waals surface area contributed by atoms with Crippen molar-refractivity contribution in [3.05, 3.63) is 119 Å². The van der Waals surface area contributed by atoms with Gasteiger partial charge in [-0.25, -0.2) is 0 Å². The quantitative estimate of drug-likeness (QED) is 0.158. The topological polar surface area (TPSA) is 41.9 Å². The maximum Gasteiger partial charge on any atom is 0.155 e. The molecule has 230 valence electrons. The molecule has 0 amide bonds. The van der Waals surface area contributed by atoms with E-state index in [9.17, 15) is 5.11 Å². The Hall–Kier alpha value is -3.76. The van der Waals surface area contributed by atoms with Gasteiger partial charge in [0.15, 0.2) is 6.10 Å². The van der Waals surface area contributed by atoms with E-state index < -0.39 is 0 Å². The summed E-state index contributed by atoms with van der Waals surface area (Å²) >= 11 is 0. The number of likely N-dealkylation sites (N-methyl/N-ethyl adjacent to an activating group) is 1. The molecule has 0 aliphatic heterocycles. The Morgan fingerprint density at radius 1 is 1.00 bits per heavy atom. The Bertz CT molecular complexity index is 1360. The summed E-state index contributed by atoms with van der Waals surface area (Å²) in [6.07, 6.45) is 23.8. The largest absolute Gasteiger partial charge is 0.509 e. The van der Waals surface area contributed by atoms with Crippen molar-refractivity contribution in [1.82, 2.24) is 4.90 Å². The molecule has 1 aliphatic carbocycles. The molecule has 0 saturated carbocycles. The van der Waals surface area contributed by atoms with Crippen molar-refractivity contribution in [2.75, 3.05) is 27.2 Å². The van der Waals surface area contributed by atoms with Crippen LogP contribution in [0.5, 0.6) is 11.5 Å². The van der Waals surface area contributed by atoms with Gasteiger partial charge in [0, 0.05) is 19.4 Å². The first-order valence-corrected chi connectivity index (χ1v) is 15.8. The highest BCUT2D eigenvalue weighted by molar-refractivity contribution is 5.68. The van der Waals surface area contributed by atoms with Gasteiger partial charge >= 0.3 is 0 Å². The number of aliphatic hydroxyl groups is 1. The highest BCUT2D eigenvalue weighted by atomic mass is 16.5. The van der Waals surface area contributed by atoms with Gasteiger partial charge in [0.1, 0.15) is 23.9 Å². The molecule has 4 nitrogen and oxygen atoms in total. The maximum atomic E-state index is 10.7. The van der Waals surface area contributed by atoms with Crippen LogP contribution < -0.4 is 9.47 Å². The minimum Gasteiger partial charge on any atom is -0.509 e. The lowest BCUT2D eigenvalue weighted by atomic mass is 9.95. The van der Waals surface area contributed by atoms with E-state index in [-0.39, 0.29) is 6.10 Å². The Balaban J connectivity index is 2.03. The first kappa shape index (κ1) is 33.7. The number of aliphatic hydroxyl groups excluding tert-OH is 1. The van der Waals surface area contributed by atoms with Crippen molar-refractivity contribution in [2.45, 2.75) is 72.3 Å². The number of benzene rings is 2. The molecule has 0 fully saturated rings. The first-order valence-electron chi connectivity index (χ1n) is 15.8. The summed E-state index contributed by atoms with van der Waals surface area (Å²) in [5.74, 6) is 2.05. The van der Waals surface area contributed by atoms with Crippen LogP contribution >= 0.6 is 0 Å². The molecule has 43 heavy (non-hydrogen) atoms. The smallest absolute Gasteiger partial charge is 0.155 e. The van der Waals surface area contributed by atoms with Gasteiger partial charge < -0.3 is 19.5 Å². The third kappa shape index (κ3) is 10.8. The summed E-state index contributed by atoms with van der Waals surface area (Å²) in [6, 6.07) is 13.0. The van der Waals surface area contributed by atoms with E-state index in [0.29, 0.717) is 18.8 Å². The molecule has 3 rings (SSSR count). The second kappa shape index (κ2) is 18.0. The minimum absolute atomic E-state index is 0.311. The van der Waals surface area contributed by atoms with Crippen LogP contribution in [0.1, 0.15) is 64.5 Å². The summed E-state index contributed by atoms with van der Waals surface area (Å²) in [6.45, 7) is 9.79. The van der Waals surface area contributed by atoms with Gasteiger partial charge in [0.2, 0.25) is 0 Å². The fourth-order valence-corrected chi connectivity index (χ4v) is 4.97. The SMILES string of the molecule is C/C=C\C(=C/C)Cc1cc(-c2ccc(OC(CC)/C(O)=C\CCC)c(CC3=CC=CCC=C3)c2)ccc1OCCN(C)C. The summed E-state index contributed by atoms with van der Waals surface area (Å²) < 4.78 is 12.8. The van der Waals surface area contributed by atoms with E-state index in [0.717, 1.165) is 66.8 Å². The van der Waals surface area contributed by atoms with Gasteiger partial charge in [-0.1, -0.05) is 81.0 Å². The summed E-state index contributed by atoms with van der Waals surface area (Å²) in [7, 11) is 4.12. The van der Waals surface area contributed by atoms with Crippen LogP contribution in [0.25, 0.3) is 11.1 Å². The molecule has 0 bridgehead atoms. The predicted octanol–water partition coefficient (Wildman–Crippen LogP) is 9.74. The van der Waals surface area contributed by atoms with E-state index in [2.05, 4.69) is 125 Å². The lowest BCUT2D eigenvalue weighted by molar-refractivity contribution is 0.170. The second-order valence-corrected chi connectivity index (χ2v) is 11.3. The standard InChI is InChI=1S/C39H51NO3/c1-7-11-19-36(41)37(10-4)43-39-23-21-33(29-35(39)27-31-17-14-12-13-15-18-31)32-20-22-38(42-25-24-40(5)6)34(28-32)26-30(9-3)16-8-2/h8-9,12,14-23,28-29,37,41H,7,10-11,13,24-27H2,1-6H3/b16-8-,30-9+,36-19+. The van der Waals surface area contributed by atoms with Crippen LogP contribution in [0.3, 0.4) is 0 Å². The Labute approximate surface area is 260 Å². The zero-order valence-electron chi connectivity index (χ0n) is 27.1. The minimum atomic E-state index is -0.370. The summed E-state index contributed by atoms with van der Waals surface area (Å²) in [5, 5.41) is 10.7. The fraction of sp³-hybridized carbons (Fsp3) is 0.385. The normalized spacial score (nSPS) is 14.7. The molecule has 1 aliphatic rings. The molecule has 2 aromatic rings. The van der Waals surface area contributed by atoms with Gasteiger partial charge in [-0.15, -0.1) is 0 Å². The molecule has 1 N–H and O–H groups in total. The molecule has 0 heterocycles. The van der Waals surface area contributed by atoms with Gasteiger partial charge in [-0.05, 0) is 111 Å². The Morgan fingerprint density at radius 2 is 1.74 bits per heavy atom. The van der Waals surface area contributed by atoms with Crippen LogP contribution in [0, 0.1) is 0 Å². The van der Waals surface area contributed by atoms with Gasteiger partial charge in [0.25, 0.3) is 0 Å². The Morgan fingerprint density at radius 3 is 2.42 bits per heavy atom. The van der Waals surface area contributed by atoms with Crippen molar-refractivity contribution in [3.8, 4) is 22.6 Å². The van der Waals surface area contributed by atoms with Crippen LogP contribution in [0.2, 0.25) is 0 Å². The Kier molecular flexibility index (Phi) is 14.1. The molecule has 0 saturated heterocycles. The maximum absolute atomic E-state index is 10.7. The molecule has 1 unspecified atom stereocenters. The number of allylic oxidation sites excluding steroid dienone is 11. The van der Waals surface area contributed by atoms with Crippen molar-refractivity contribution in [2.24, 2.45) is 0 Å². The first-order chi connectivity index (χ1) is 20.9. The van der Waals surface area contributed by atoms with Gasteiger partial charge in [0.05, 0.1) is 0 Å². The average Bonchev–Trinajstić information content (AvgIpc) is 3.28. The summed E-state index contributed by atoms with van der Waals surface area (Å²) in [5.41, 5.74) is 7.01. The molecule has 0 spiro atoms. The average molecular weight is 582 g/mol. The van der Waals surface area contributed by atoms with Crippen LogP contribution in [0.15, 0.2) is 108 Å². The van der Waals surface area contributed by atoms with Gasteiger partial charge in [-0.3, -0.25) is 0 Å². The predicted molar refractivity (Wildman–Crippen MR) is 183 cm³/mol. The van der Waals surface area contributed by atoms with E-state index in [1.807, 2.05) is 13.0 Å². The van der Waals surface area contributed by atoms with E-state index in [1.165, 1.54) is 16.7 Å². The van der Waals surface area contributed by atoms with Crippen LogP contribution in [-0.4, -0.2) is 43.4 Å². The molecule has 2 aromatic carbocycles. The number of nitrogens with zero attached hydrogens (tertiary/aromatic N) is 1. The lowest BCUT2D eigenvalue weighted by Crippen LogP contribution is -2.19. The highest BCUT2D eigenvalue weighted by Gasteiger charge is 2.17. The molecule has 4 heteroatoms. The second-order valence-electron chi connectivity index (χ2n) is 11.3. The third-order valence-electron chi connectivity index (χ3n) is 7.45. The third-order valence-corrected chi connectivity index (χ3v) is 7.45. The summed E-state index contributed by atoms with van der Waals surface area (Å²) in [4.78, 5) is 2.13. The van der Waals surface area contributed by atoms with Crippen molar-refractivity contribution >= 4 is 0 Å². The lowest BCUT2D eigenvalue weighted by Gasteiger charge is -2.21. The van der Waals surface area contributed by atoms with E-state index in [4.69, 9.17) is 9.47 Å². The monoisotopic (exact) mass is 581 g/mol. The molecular formula is C39H51NO3. The van der Waals surface area contributed by atoms with Crippen LogP contribution in [-0.2, 0) is 12.8 Å². The van der Waals surface area contributed by atoms with Crippen molar-refractivity contribution < 1.29 is 14.6 Å². The molecule has 1 atom stereocenters. The van der Waals surface area contributed by atoms with E-state index >= 15 is 0 Å².